The highest BCUT2D eigenvalue weighted by Gasteiger charge is 2.35. The Balaban J connectivity index is 1.91. The van der Waals surface area contributed by atoms with E-state index < -0.39 is 8.07 Å². The maximum Gasteiger partial charge on any atom is 0.251 e. The van der Waals surface area contributed by atoms with Crippen molar-refractivity contribution in [3.63, 3.8) is 0 Å². The minimum Gasteiger partial charge on any atom is -0.352 e. The molecule has 0 saturated heterocycles. The van der Waals surface area contributed by atoms with Crippen molar-refractivity contribution in [3.8, 4) is 0 Å². The van der Waals surface area contributed by atoms with Crippen molar-refractivity contribution >= 4 is 19.8 Å². The Morgan fingerprint density at radius 3 is 2.48 bits per heavy atom. The molecule has 1 aliphatic rings. The van der Waals surface area contributed by atoms with E-state index in [1.54, 1.807) is 0 Å². The minimum atomic E-state index is -1.29. The lowest BCUT2D eigenvalue weighted by Gasteiger charge is -2.35. The minimum absolute atomic E-state index is 0.0434. The summed E-state index contributed by atoms with van der Waals surface area (Å²) in [4.78, 5) is 24.0. The monoisotopic (exact) mass is 303 g/mol. The van der Waals surface area contributed by atoms with E-state index in [-0.39, 0.29) is 5.91 Å². The Morgan fingerprint density at radius 1 is 1.19 bits per heavy atom. The Kier molecular flexibility index (Phi) is 4.98. The fourth-order valence-electron chi connectivity index (χ4n) is 2.99. The summed E-state index contributed by atoms with van der Waals surface area (Å²) >= 11 is 0. The molecule has 21 heavy (non-hydrogen) atoms. The van der Waals surface area contributed by atoms with Crippen LogP contribution in [0.15, 0.2) is 30.3 Å². The van der Waals surface area contributed by atoms with Crippen LogP contribution in [0.25, 0.3) is 0 Å². The van der Waals surface area contributed by atoms with Gasteiger partial charge in [0.2, 0.25) is 0 Å². The van der Waals surface area contributed by atoms with Gasteiger partial charge in [0.1, 0.15) is 5.78 Å². The van der Waals surface area contributed by atoms with Crippen LogP contribution in [0.5, 0.6) is 0 Å². The van der Waals surface area contributed by atoms with E-state index in [4.69, 9.17) is 0 Å². The summed E-state index contributed by atoms with van der Waals surface area (Å²) in [5, 5.41) is 2.99. The van der Waals surface area contributed by atoms with E-state index in [1.807, 2.05) is 30.3 Å². The van der Waals surface area contributed by atoms with E-state index in [0.29, 0.717) is 35.8 Å². The van der Waals surface area contributed by atoms with Crippen LogP contribution in [0.1, 0.15) is 29.6 Å². The number of Topliss-reactive ketones (excluding diaryl/α,β-unsaturated/α-hetero) is 1. The molecule has 1 saturated carbocycles. The van der Waals surface area contributed by atoms with E-state index in [2.05, 4.69) is 25.0 Å². The molecule has 0 spiro atoms. The quantitative estimate of drug-likeness (QED) is 0.865. The lowest BCUT2D eigenvalue weighted by molar-refractivity contribution is -0.121. The predicted octanol–water partition coefficient (Wildman–Crippen LogP) is 3.49. The number of carbonyl (C=O) groups is 2. The van der Waals surface area contributed by atoms with Gasteiger partial charge in [-0.1, -0.05) is 37.8 Å². The van der Waals surface area contributed by atoms with Gasteiger partial charge in [0.15, 0.2) is 0 Å². The molecule has 0 heterocycles. The lowest BCUT2D eigenvalue weighted by Crippen LogP contribution is -2.39. The summed E-state index contributed by atoms with van der Waals surface area (Å²) < 4.78 is 0. The third-order valence-corrected chi connectivity index (χ3v) is 7.31. The fourth-order valence-corrected chi connectivity index (χ4v) is 4.87. The van der Waals surface area contributed by atoms with Gasteiger partial charge < -0.3 is 5.32 Å². The first-order valence-corrected chi connectivity index (χ1v) is 11.3. The van der Waals surface area contributed by atoms with Crippen LogP contribution in [0, 0.1) is 5.92 Å². The molecule has 0 bridgehead atoms. The number of amides is 1. The molecule has 1 N–H and O–H groups in total. The Hall–Kier alpha value is -1.42. The molecule has 1 aliphatic carbocycles. The molecule has 114 valence electrons. The topological polar surface area (TPSA) is 46.2 Å². The summed E-state index contributed by atoms with van der Waals surface area (Å²) in [6, 6.07) is 9.24. The summed E-state index contributed by atoms with van der Waals surface area (Å²) in [5.74, 6) is 0.626. The van der Waals surface area contributed by atoms with Gasteiger partial charge in [0.25, 0.3) is 5.91 Å². The van der Waals surface area contributed by atoms with Gasteiger partial charge in [-0.15, -0.1) is 0 Å². The zero-order chi connectivity index (χ0) is 15.5. The molecular formula is C17H25NO2Si. The molecule has 2 atom stereocenters. The zero-order valence-electron chi connectivity index (χ0n) is 13.2. The average molecular weight is 303 g/mol. The van der Waals surface area contributed by atoms with Crippen molar-refractivity contribution in [2.75, 3.05) is 6.54 Å². The van der Waals surface area contributed by atoms with Gasteiger partial charge in [-0.3, -0.25) is 9.59 Å². The SMILES string of the molecule is C[Si](C)(C)[C@H]1CC(=O)C[C@H](CNC(=O)c2ccccc2)C1. The third-order valence-electron chi connectivity index (χ3n) is 4.42. The number of benzene rings is 1. The smallest absolute Gasteiger partial charge is 0.251 e. The summed E-state index contributed by atoms with van der Waals surface area (Å²) in [6.07, 6.45) is 2.45. The molecule has 1 fully saturated rings. The van der Waals surface area contributed by atoms with E-state index in [0.717, 1.165) is 12.8 Å². The predicted molar refractivity (Wildman–Crippen MR) is 88.2 cm³/mol. The first-order valence-electron chi connectivity index (χ1n) is 7.71. The van der Waals surface area contributed by atoms with Crippen molar-refractivity contribution in [2.24, 2.45) is 5.92 Å². The molecule has 0 aromatic heterocycles. The van der Waals surface area contributed by atoms with E-state index in [1.165, 1.54) is 0 Å². The number of carbonyl (C=O) groups excluding carboxylic acids is 2. The molecule has 1 aromatic rings. The van der Waals surface area contributed by atoms with Crippen LogP contribution < -0.4 is 5.32 Å². The number of nitrogens with one attached hydrogen (secondary N) is 1. The van der Waals surface area contributed by atoms with Gasteiger partial charge in [-0.25, -0.2) is 0 Å². The molecule has 0 radical (unpaired) electrons. The van der Waals surface area contributed by atoms with Crippen molar-refractivity contribution in [1.82, 2.24) is 5.32 Å². The molecular weight excluding hydrogens is 278 g/mol. The van der Waals surface area contributed by atoms with Gasteiger partial charge in [-0.05, 0) is 30.0 Å². The highest BCUT2D eigenvalue weighted by atomic mass is 28.3. The summed E-state index contributed by atoms with van der Waals surface area (Å²) in [6.45, 7) is 7.60. The average Bonchev–Trinajstić information content (AvgIpc) is 2.44. The molecule has 1 aromatic carbocycles. The standard InChI is InChI=1S/C17H25NO2Si/c1-21(2,3)16-10-13(9-15(19)11-16)12-18-17(20)14-7-5-4-6-8-14/h4-8,13,16H,9-12H2,1-3H3,(H,18,20)/t13-,16+/m0/s1. The van der Waals surface area contributed by atoms with Gasteiger partial charge >= 0.3 is 0 Å². The zero-order valence-corrected chi connectivity index (χ0v) is 14.2. The number of hydrogen-bond acceptors (Lipinski definition) is 2. The molecule has 0 unspecified atom stereocenters. The second-order valence-electron chi connectivity index (χ2n) is 7.19. The van der Waals surface area contributed by atoms with Crippen LogP contribution in [0.2, 0.25) is 25.2 Å². The maximum atomic E-state index is 12.1. The summed E-state index contributed by atoms with van der Waals surface area (Å²) in [5.41, 5.74) is 1.23. The number of rotatable bonds is 4. The lowest BCUT2D eigenvalue weighted by atomic mass is 9.87. The van der Waals surface area contributed by atoms with E-state index >= 15 is 0 Å². The second kappa shape index (κ2) is 6.56. The van der Waals surface area contributed by atoms with Gasteiger partial charge in [-0.2, -0.15) is 0 Å². The van der Waals surface area contributed by atoms with Crippen LogP contribution in [0.3, 0.4) is 0 Å². The van der Waals surface area contributed by atoms with Gasteiger partial charge in [0.05, 0.1) is 0 Å². The summed E-state index contributed by atoms with van der Waals surface area (Å²) in [7, 11) is -1.29. The Labute approximate surface area is 128 Å². The first kappa shape index (κ1) is 16.0. The molecule has 4 heteroatoms. The van der Waals surface area contributed by atoms with Crippen molar-refractivity contribution in [1.29, 1.82) is 0 Å². The van der Waals surface area contributed by atoms with Crippen LogP contribution in [-0.4, -0.2) is 26.3 Å². The fraction of sp³-hybridized carbons (Fsp3) is 0.529. The van der Waals surface area contributed by atoms with E-state index in [9.17, 15) is 9.59 Å². The molecule has 3 nitrogen and oxygen atoms in total. The largest absolute Gasteiger partial charge is 0.352 e. The molecule has 1 amide bonds. The third kappa shape index (κ3) is 4.53. The van der Waals surface area contributed by atoms with Crippen molar-refractivity contribution in [2.45, 2.75) is 44.4 Å². The molecule has 2 rings (SSSR count). The number of ketones is 1. The first-order chi connectivity index (χ1) is 9.86. The van der Waals surface area contributed by atoms with Crippen molar-refractivity contribution in [3.05, 3.63) is 35.9 Å². The number of hydrogen-bond donors (Lipinski definition) is 1. The van der Waals surface area contributed by atoms with Crippen LogP contribution >= 0.6 is 0 Å². The normalized spacial score (nSPS) is 22.9. The van der Waals surface area contributed by atoms with Crippen LogP contribution in [-0.2, 0) is 4.79 Å². The Bertz CT molecular complexity index is 507. The maximum absolute atomic E-state index is 12.1. The van der Waals surface area contributed by atoms with Crippen molar-refractivity contribution < 1.29 is 9.59 Å². The highest BCUT2D eigenvalue weighted by Crippen LogP contribution is 2.38. The molecule has 0 aliphatic heterocycles. The highest BCUT2D eigenvalue weighted by molar-refractivity contribution is 6.77. The second-order valence-corrected chi connectivity index (χ2v) is 12.7. The Morgan fingerprint density at radius 2 is 1.86 bits per heavy atom. The van der Waals surface area contributed by atoms with Gasteiger partial charge in [0, 0.05) is 33.0 Å². The van der Waals surface area contributed by atoms with Crippen LogP contribution in [0.4, 0.5) is 0 Å².